The van der Waals surface area contributed by atoms with Crippen LogP contribution in [0.2, 0.25) is 0 Å². The fourth-order valence-corrected chi connectivity index (χ4v) is 2.02. The molecule has 0 bridgehead atoms. The molecule has 5 heteroatoms. The number of esters is 1. The van der Waals surface area contributed by atoms with E-state index < -0.39 is 12.0 Å². The Morgan fingerprint density at radius 2 is 2.05 bits per heavy atom. The smallest absolute Gasteiger partial charge is 0.333 e. The molecule has 0 radical (unpaired) electrons. The fraction of sp³-hybridized carbons (Fsp3) is 0.429. The van der Waals surface area contributed by atoms with Crippen LogP contribution in [0.25, 0.3) is 0 Å². The number of ether oxygens (including phenoxy) is 1. The maximum atomic E-state index is 11.9. The topological polar surface area (TPSA) is 67.4 Å². The SMILES string of the molecule is COC(=O)C(NC(=O)CC1CNC1)c1ccccc1. The first kappa shape index (κ1) is 13.5. The highest BCUT2D eigenvalue weighted by Gasteiger charge is 2.26. The van der Waals surface area contributed by atoms with Crippen LogP contribution in [0.5, 0.6) is 0 Å². The molecule has 1 unspecified atom stereocenters. The first-order chi connectivity index (χ1) is 9.20. The summed E-state index contributed by atoms with van der Waals surface area (Å²) in [4.78, 5) is 23.7. The zero-order valence-corrected chi connectivity index (χ0v) is 10.9. The van der Waals surface area contributed by atoms with Crippen molar-refractivity contribution in [2.24, 2.45) is 5.92 Å². The molecule has 5 nitrogen and oxygen atoms in total. The number of carbonyl (C=O) groups is 2. The standard InChI is InChI=1S/C14H18N2O3/c1-19-14(18)13(11-5-3-2-4-6-11)16-12(17)7-10-8-15-9-10/h2-6,10,13,15H,7-9H2,1H3,(H,16,17). The van der Waals surface area contributed by atoms with Gasteiger partial charge in [0, 0.05) is 6.42 Å². The van der Waals surface area contributed by atoms with E-state index in [2.05, 4.69) is 10.6 Å². The minimum Gasteiger partial charge on any atom is -0.467 e. The van der Waals surface area contributed by atoms with Crippen LogP contribution >= 0.6 is 0 Å². The minimum absolute atomic E-state index is 0.120. The van der Waals surface area contributed by atoms with E-state index in [1.807, 2.05) is 18.2 Å². The Labute approximate surface area is 112 Å². The Bertz CT molecular complexity index is 443. The van der Waals surface area contributed by atoms with Gasteiger partial charge in [-0.25, -0.2) is 4.79 Å². The summed E-state index contributed by atoms with van der Waals surface area (Å²) in [6.45, 7) is 1.73. The van der Waals surface area contributed by atoms with Crippen LogP contribution in [-0.4, -0.2) is 32.1 Å². The molecular formula is C14H18N2O3. The molecule has 2 N–H and O–H groups in total. The van der Waals surface area contributed by atoms with Gasteiger partial charge in [0.05, 0.1) is 7.11 Å². The monoisotopic (exact) mass is 262 g/mol. The van der Waals surface area contributed by atoms with Crippen molar-refractivity contribution < 1.29 is 14.3 Å². The highest BCUT2D eigenvalue weighted by Crippen LogP contribution is 2.15. The van der Waals surface area contributed by atoms with Gasteiger partial charge in [-0.2, -0.15) is 0 Å². The van der Waals surface area contributed by atoms with Gasteiger partial charge >= 0.3 is 5.97 Å². The summed E-state index contributed by atoms with van der Waals surface area (Å²) >= 11 is 0. The van der Waals surface area contributed by atoms with Crippen LogP contribution in [0.1, 0.15) is 18.0 Å². The summed E-state index contributed by atoms with van der Waals surface area (Å²) in [5.41, 5.74) is 0.731. The summed E-state index contributed by atoms with van der Waals surface area (Å²) < 4.78 is 4.75. The number of benzene rings is 1. The highest BCUT2D eigenvalue weighted by molar-refractivity contribution is 5.85. The lowest BCUT2D eigenvalue weighted by Crippen LogP contribution is -2.45. The molecule has 102 valence electrons. The van der Waals surface area contributed by atoms with Crippen LogP contribution in [0.15, 0.2) is 30.3 Å². The predicted molar refractivity (Wildman–Crippen MR) is 70.3 cm³/mol. The zero-order chi connectivity index (χ0) is 13.7. The molecule has 1 aromatic carbocycles. The molecule has 2 rings (SSSR count). The Balaban J connectivity index is 2.01. The minimum atomic E-state index is -0.730. The van der Waals surface area contributed by atoms with Crippen molar-refractivity contribution in [3.63, 3.8) is 0 Å². The van der Waals surface area contributed by atoms with Crippen LogP contribution < -0.4 is 10.6 Å². The first-order valence-corrected chi connectivity index (χ1v) is 6.33. The highest BCUT2D eigenvalue weighted by atomic mass is 16.5. The summed E-state index contributed by atoms with van der Waals surface area (Å²) in [6, 6.07) is 8.38. The Kier molecular flexibility index (Phi) is 4.52. The van der Waals surface area contributed by atoms with Gasteiger partial charge in [-0.3, -0.25) is 4.79 Å². The summed E-state index contributed by atoms with van der Waals surface area (Å²) in [6.07, 6.45) is 0.438. The molecule has 1 aliphatic heterocycles. The van der Waals surface area contributed by atoms with Gasteiger partial charge in [0.15, 0.2) is 6.04 Å². The quantitative estimate of drug-likeness (QED) is 0.764. The van der Waals surface area contributed by atoms with E-state index in [1.165, 1.54) is 7.11 Å². The molecular weight excluding hydrogens is 244 g/mol. The van der Waals surface area contributed by atoms with Crippen LogP contribution in [-0.2, 0) is 14.3 Å². The van der Waals surface area contributed by atoms with Crippen molar-refractivity contribution in [1.82, 2.24) is 10.6 Å². The van der Waals surface area contributed by atoms with Gasteiger partial charge in [-0.15, -0.1) is 0 Å². The van der Waals surface area contributed by atoms with Crippen molar-refractivity contribution in [2.45, 2.75) is 12.5 Å². The maximum Gasteiger partial charge on any atom is 0.333 e. The molecule has 1 atom stereocenters. The van der Waals surface area contributed by atoms with Gasteiger partial charge in [0.2, 0.25) is 5.91 Å². The number of carbonyl (C=O) groups excluding carboxylic acids is 2. The van der Waals surface area contributed by atoms with E-state index in [0.29, 0.717) is 12.3 Å². The molecule has 1 aliphatic rings. The third-order valence-corrected chi connectivity index (χ3v) is 3.22. The average Bonchev–Trinajstić information content (AvgIpc) is 2.40. The largest absolute Gasteiger partial charge is 0.467 e. The molecule has 1 fully saturated rings. The normalized spacial score (nSPS) is 16.3. The Morgan fingerprint density at radius 1 is 1.37 bits per heavy atom. The molecule has 1 saturated heterocycles. The number of amides is 1. The predicted octanol–water partition coefficient (Wildman–Crippen LogP) is 0.626. The van der Waals surface area contributed by atoms with Gasteiger partial charge < -0.3 is 15.4 Å². The van der Waals surface area contributed by atoms with E-state index in [0.717, 1.165) is 18.7 Å². The second-order valence-electron chi connectivity index (χ2n) is 4.66. The van der Waals surface area contributed by atoms with Gasteiger partial charge in [-0.1, -0.05) is 30.3 Å². The molecule has 0 saturated carbocycles. The second kappa shape index (κ2) is 6.33. The van der Waals surface area contributed by atoms with Gasteiger partial charge in [-0.05, 0) is 24.6 Å². The molecule has 1 aromatic rings. The zero-order valence-electron chi connectivity index (χ0n) is 10.9. The number of hydrogen-bond acceptors (Lipinski definition) is 4. The van der Waals surface area contributed by atoms with Crippen LogP contribution in [0.3, 0.4) is 0 Å². The van der Waals surface area contributed by atoms with Gasteiger partial charge in [0.1, 0.15) is 0 Å². The lowest BCUT2D eigenvalue weighted by Gasteiger charge is -2.27. The number of nitrogens with one attached hydrogen (secondary N) is 2. The number of rotatable bonds is 5. The van der Waals surface area contributed by atoms with E-state index in [1.54, 1.807) is 12.1 Å². The van der Waals surface area contributed by atoms with Crippen molar-refractivity contribution in [3.8, 4) is 0 Å². The van der Waals surface area contributed by atoms with Crippen LogP contribution in [0, 0.1) is 5.92 Å². The number of methoxy groups -OCH3 is 1. The molecule has 19 heavy (non-hydrogen) atoms. The van der Waals surface area contributed by atoms with Gasteiger partial charge in [0.25, 0.3) is 0 Å². The molecule has 1 heterocycles. The van der Waals surface area contributed by atoms with E-state index in [4.69, 9.17) is 4.74 Å². The third kappa shape index (κ3) is 3.54. The van der Waals surface area contributed by atoms with Crippen molar-refractivity contribution in [2.75, 3.05) is 20.2 Å². The Hall–Kier alpha value is -1.88. The van der Waals surface area contributed by atoms with Crippen molar-refractivity contribution >= 4 is 11.9 Å². The summed E-state index contributed by atoms with van der Waals surface area (Å²) in [7, 11) is 1.32. The third-order valence-electron chi connectivity index (χ3n) is 3.22. The molecule has 0 spiro atoms. The maximum absolute atomic E-state index is 11.9. The van der Waals surface area contributed by atoms with Crippen LogP contribution in [0.4, 0.5) is 0 Å². The average molecular weight is 262 g/mol. The summed E-state index contributed by atoms with van der Waals surface area (Å²) in [5.74, 6) is -0.203. The van der Waals surface area contributed by atoms with Crippen molar-refractivity contribution in [3.05, 3.63) is 35.9 Å². The van der Waals surface area contributed by atoms with E-state index >= 15 is 0 Å². The molecule has 0 aromatic heterocycles. The second-order valence-corrected chi connectivity index (χ2v) is 4.66. The van der Waals surface area contributed by atoms with E-state index in [-0.39, 0.29) is 5.91 Å². The first-order valence-electron chi connectivity index (χ1n) is 6.33. The van der Waals surface area contributed by atoms with Crippen molar-refractivity contribution in [1.29, 1.82) is 0 Å². The number of hydrogen-bond donors (Lipinski definition) is 2. The summed E-state index contributed by atoms with van der Waals surface area (Å²) in [5, 5.41) is 5.86. The molecule has 0 aliphatic carbocycles. The lowest BCUT2D eigenvalue weighted by atomic mass is 9.98. The fourth-order valence-electron chi connectivity index (χ4n) is 2.02. The van der Waals surface area contributed by atoms with E-state index in [9.17, 15) is 9.59 Å². The molecule has 1 amide bonds. The Morgan fingerprint density at radius 3 is 2.58 bits per heavy atom. The lowest BCUT2D eigenvalue weighted by molar-refractivity contribution is -0.145.